The molecule has 1 unspecified atom stereocenters. The zero-order valence-electron chi connectivity index (χ0n) is 11.1. The van der Waals surface area contributed by atoms with Crippen molar-refractivity contribution in [3.63, 3.8) is 0 Å². The Morgan fingerprint density at radius 1 is 1.39 bits per heavy atom. The molecule has 2 heteroatoms. The molecule has 2 aliphatic rings. The number of hydrogen-bond donors (Lipinski definition) is 1. The summed E-state index contributed by atoms with van der Waals surface area (Å²) in [5.74, 6) is 0. The van der Waals surface area contributed by atoms with E-state index in [1.807, 2.05) is 0 Å². The van der Waals surface area contributed by atoms with Gasteiger partial charge >= 0.3 is 0 Å². The largest absolute Gasteiger partial charge is 0.309 e. The van der Waals surface area contributed by atoms with Crippen LogP contribution in [0.2, 0.25) is 0 Å². The van der Waals surface area contributed by atoms with Gasteiger partial charge in [0.05, 0.1) is 0 Å². The summed E-state index contributed by atoms with van der Waals surface area (Å²) in [7, 11) is 0. The summed E-state index contributed by atoms with van der Waals surface area (Å²) in [6.45, 7) is 3.56. The van der Waals surface area contributed by atoms with Crippen LogP contribution in [0.25, 0.3) is 0 Å². The molecule has 2 aliphatic carbocycles. The SMILES string of the molecule is CCC1(CNC2CCc3c(Br)cccc32)CCC1. The van der Waals surface area contributed by atoms with Crippen molar-refractivity contribution in [1.82, 2.24) is 5.32 Å². The fraction of sp³-hybridized carbons (Fsp3) is 0.625. The van der Waals surface area contributed by atoms with Gasteiger partial charge in [-0.15, -0.1) is 0 Å². The van der Waals surface area contributed by atoms with E-state index in [-0.39, 0.29) is 0 Å². The third-order valence-corrected chi connectivity index (χ3v) is 5.84. The maximum Gasteiger partial charge on any atom is 0.0326 e. The minimum Gasteiger partial charge on any atom is -0.309 e. The molecule has 0 bridgehead atoms. The van der Waals surface area contributed by atoms with E-state index in [9.17, 15) is 0 Å². The summed E-state index contributed by atoms with van der Waals surface area (Å²) < 4.78 is 1.29. The van der Waals surface area contributed by atoms with E-state index < -0.39 is 0 Å². The number of hydrogen-bond acceptors (Lipinski definition) is 1. The van der Waals surface area contributed by atoms with Crippen molar-refractivity contribution in [3.05, 3.63) is 33.8 Å². The van der Waals surface area contributed by atoms with Crippen LogP contribution in [-0.2, 0) is 6.42 Å². The Hall–Kier alpha value is -0.340. The Kier molecular flexibility index (Phi) is 3.50. The van der Waals surface area contributed by atoms with Gasteiger partial charge in [0.15, 0.2) is 0 Å². The highest BCUT2D eigenvalue weighted by Gasteiger charge is 2.36. The lowest BCUT2D eigenvalue weighted by Gasteiger charge is -2.42. The fourth-order valence-electron chi connectivity index (χ4n) is 3.49. The van der Waals surface area contributed by atoms with Gasteiger partial charge in [0.25, 0.3) is 0 Å². The van der Waals surface area contributed by atoms with E-state index in [1.165, 1.54) is 60.7 Å². The summed E-state index contributed by atoms with van der Waals surface area (Å²) in [5.41, 5.74) is 3.67. The smallest absolute Gasteiger partial charge is 0.0326 e. The lowest BCUT2D eigenvalue weighted by atomic mass is 9.67. The third kappa shape index (κ3) is 2.14. The summed E-state index contributed by atoms with van der Waals surface area (Å²) in [6, 6.07) is 7.22. The number of benzene rings is 1. The maximum absolute atomic E-state index is 3.84. The molecular weight excluding hydrogens is 286 g/mol. The molecule has 1 atom stereocenters. The number of nitrogens with one attached hydrogen (secondary N) is 1. The molecule has 1 aromatic carbocycles. The lowest BCUT2D eigenvalue weighted by molar-refractivity contribution is 0.119. The zero-order chi connectivity index (χ0) is 12.6. The van der Waals surface area contributed by atoms with Gasteiger partial charge in [0.1, 0.15) is 0 Å². The lowest BCUT2D eigenvalue weighted by Crippen LogP contribution is -2.40. The molecule has 0 spiro atoms. The highest BCUT2D eigenvalue weighted by molar-refractivity contribution is 9.10. The van der Waals surface area contributed by atoms with Crippen molar-refractivity contribution in [2.75, 3.05) is 6.54 Å². The van der Waals surface area contributed by atoms with Crippen LogP contribution in [0.3, 0.4) is 0 Å². The van der Waals surface area contributed by atoms with Crippen LogP contribution >= 0.6 is 15.9 Å². The summed E-state index contributed by atoms with van der Waals surface area (Å²) in [6.07, 6.45) is 8.09. The molecule has 0 radical (unpaired) electrons. The maximum atomic E-state index is 3.84. The van der Waals surface area contributed by atoms with E-state index in [4.69, 9.17) is 0 Å². The highest BCUT2D eigenvalue weighted by Crippen LogP contribution is 2.44. The monoisotopic (exact) mass is 307 g/mol. The second-order valence-corrected chi connectivity index (χ2v) is 6.84. The molecule has 1 nitrogen and oxygen atoms in total. The molecule has 1 N–H and O–H groups in total. The van der Waals surface area contributed by atoms with Crippen LogP contribution < -0.4 is 5.32 Å². The van der Waals surface area contributed by atoms with Crippen LogP contribution in [0.5, 0.6) is 0 Å². The Morgan fingerprint density at radius 3 is 2.89 bits per heavy atom. The Morgan fingerprint density at radius 2 is 2.22 bits per heavy atom. The van der Waals surface area contributed by atoms with Gasteiger partial charge in [0, 0.05) is 17.1 Å². The van der Waals surface area contributed by atoms with Gasteiger partial charge in [-0.1, -0.05) is 41.4 Å². The minimum atomic E-state index is 0.585. The highest BCUT2D eigenvalue weighted by atomic mass is 79.9. The van der Waals surface area contributed by atoms with Crippen molar-refractivity contribution >= 4 is 15.9 Å². The molecule has 1 fully saturated rings. The van der Waals surface area contributed by atoms with E-state index in [0.29, 0.717) is 11.5 Å². The van der Waals surface area contributed by atoms with Crippen LogP contribution in [0.4, 0.5) is 0 Å². The second kappa shape index (κ2) is 4.97. The van der Waals surface area contributed by atoms with Gasteiger partial charge in [-0.05, 0) is 54.7 Å². The van der Waals surface area contributed by atoms with Crippen LogP contribution in [0.15, 0.2) is 22.7 Å². The van der Waals surface area contributed by atoms with Crippen molar-refractivity contribution in [2.45, 2.75) is 51.5 Å². The van der Waals surface area contributed by atoms with E-state index in [2.05, 4.69) is 46.4 Å². The van der Waals surface area contributed by atoms with Crippen molar-refractivity contribution in [1.29, 1.82) is 0 Å². The number of rotatable bonds is 4. The van der Waals surface area contributed by atoms with Crippen molar-refractivity contribution in [3.8, 4) is 0 Å². The first-order valence-corrected chi connectivity index (χ1v) is 8.04. The first-order valence-electron chi connectivity index (χ1n) is 7.25. The molecular formula is C16H22BrN. The molecule has 0 aromatic heterocycles. The van der Waals surface area contributed by atoms with Crippen LogP contribution in [0.1, 0.15) is 56.2 Å². The van der Waals surface area contributed by atoms with E-state index >= 15 is 0 Å². The topological polar surface area (TPSA) is 12.0 Å². The van der Waals surface area contributed by atoms with E-state index in [0.717, 1.165) is 0 Å². The van der Waals surface area contributed by atoms with Gasteiger partial charge in [-0.3, -0.25) is 0 Å². The third-order valence-electron chi connectivity index (χ3n) is 5.10. The van der Waals surface area contributed by atoms with Gasteiger partial charge in [-0.2, -0.15) is 0 Å². The molecule has 98 valence electrons. The fourth-order valence-corrected chi connectivity index (χ4v) is 4.07. The Balaban J connectivity index is 1.68. The van der Waals surface area contributed by atoms with Crippen LogP contribution in [-0.4, -0.2) is 6.54 Å². The predicted octanol–water partition coefficient (Wildman–Crippen LogP) is 4.61. The number of halogens is 1. The molecule has 0 amide bonds. The van der Waals surface area contributed by atoms with Crippen molar-refractivity contribution in [2.24, 2.45) is 5.41 Å². The molecule has 0 heterocycles. The number of fused-ring (bicyclic) bond motifs is 1. The van der Waals surface area contributed by atoms with Gasteiger partial charge in [0.2, 0.25) is 0 Å². The molecule has 18 heavy (non-hydrogen) atoms. The summed E-state index contributed by atoms with van der Waals surface area (Å²) in [5, 5.41) is 3.84. The molecule has 1 saturated carbocycles. The first kappa shape index (κ1) is 12.7. The predicted molar refractivity (Wildman–Crippen MR) is 79.8 cm³/mol. The average Bonchev–Trinajstić information content (AvgIpc) is 2.73. The zero-order valence-corrected chi connectivity index (χ0v) is 12.7. The van der Waals surface area contributed by atoms with Gasteiger partial charge < -0.3 is 5.32 Å². The van der Waals surface area contributed by atoms with Crippen LogP contribution in [0, 0.1) is 5.41 Å². The summed E-state index contributed by atoms with van der Waals surface area (Å²) >= 11 is 3.68. The quantitative estimate of drug-likeness (QED) is 0.856. The van der Waals surface area contributed by atoms with Gasteiger partial charge in [-0.25, -0.2) is 0 Å². The normalized spacial score (nSPS) is 24.7. The molecule has 0 saturated heterocycles. The first-order chi connectivity index (χ1) is 8.74. The Labute approximate surface area is 118 Å². The minimum absolute atomic E-state index is 0.585. The van der Waals surface area contributed by atoms with E-state index in [1.54, 1.807) is 0 Å². The Bertz CT molecular complexity index is 431. The molecule has 0 aliphatic heterocycles. The summed E-state index contributed by atoms with van der Waals surface area (Å²) in [4.78, 5) is 0. The average molecular weight is 308 g/mol. The second-order valence-electron chi connectivity index (χ2n) is 5.99. The molecule has 3 rings (SSSR count). The standard InChI is InChI=1S/C16H22BrN/c1-2-16(9-4-10-16)11-18-15-8-7-12-13(15)5-3-6-14(12)17/h3,5-6,15,18H,2,4,7-11H2,1H3. The van der Waals surface area contributed by atoms with Crippen molar-refractivity contribution < 1.29 is 0 Å². The molecule has 1 aromatic rings.